The Kier molecular flexibility index (Phi) is 3.92. The second-order valence-corrected chi connectivity index (χ2v) is 6.16. The molecule has 0 aromatic heterocycles. The van der Waals surface area contributed by atoms with Gasteiger partial charge in [-0.05, 0) is 30.2 Å². The minimum atomic E-state index is -0.0139. The standard InChI is InChI=1S/C16H23N3O/c17-16(18-20)15(12-5-2-1-3-6-12)11-19-9-13-7-4-8-14(13)10-19/h1-3,5-6,13-15,20H,4,7-11H2,(H2,17,18). The second kappa shape index (κ2) is 5.83. The number of nitrogens with two attached hydrogens (primary N) is 1. The Morgan fingerprint density at radius 1 is 1.25 bits per heavy atom. The molecule has 1 aliphatic heterocycles. The largest absolute Gasteiger partial charge is 0.409 e. The zero-order valence-corrected chi connectivity index (χ0v) is 11.8. The average Bonchev–Trinajstić information content (AvgIpc) is 3.06. The molecule has 0 amide bonds. The maximum atomic E-state index is 9.05. The van der Waals surface area contributed by atoms with Crippen molar-refractivity contribution in [2.45, 2.75) is 25.2 Å². The highest BCUT2D eigenvalue weighted by Gasteiger charge is 2.37. The van der Waals surface area contributed by atoms with Crippen LogP contribution in [0.5, 0.6) is 0 Å². The zero-order valence-electron chi connectivity index (χ0n) is 11.8. The van der Waals surface area contributed by atoms with Crippen LogP contribution in [0, 0.1) is 11.8 Å². The third-order valence-corrected chi connectivity index (χ3v) is 4.92. The van der Waals surface area contributed by atoms with Crippen LogP contribution in [0.15, 0.2) is 35.5 Å². The van der Waals surface area contributed by atoms with Crippen molar-refractivity contribution in [1.29, 1.82) is 0 Å². The summed E-state index contributed by atoms with van der Waals surface area (Å²) in [6.07, 6.45) is 4.15. The van der Waals surface area contributed by atoms with Crippen LogP contribution in [0.1, 0.15) is 30.7 Å². The monoisotopic (exact) mass is 273 g/mol. The molecule has 1 aromatic rings. The summed E-state index contributed by atoms with van der Waals surface area (Å²) in [7, 11) is 0. The Bertz CT molecular complexity index is 462. The van der Waals surface area contributed by atoms with E-state index in [-0.39, 0.29) is 5.92 Å². The molecule has 1 saturated carbocycles. The van der Waals surface area contributed by atoms with Crippen LogP contribution in [0.3, 0.4) is 0 Å². The van der Waals surface area contributed by atoms with E-state index in [0.717, 1.165) is 23.9 Å². The lowest BCUT2D eigenvalue weighted by molar-refractivity contribution is 0.295. The van der Waals surface area contributed by atoms with Crippen LogP contribution >= 0.6 is 0 Å². The fourth-order valence-electron chi connectivity index (χ4n) is 3.86. The number of likely N-dealkylation sites (tertiary alicyclic amines) is 1. The smallest absolute Gasteiger partial charge is 0.147 e. The maximum Gasteiger partial charge on any atom is 0.147 e. The van der Waals surface area contributed by atoms with Crippen LogP contribution in [0.4, 0.5) is 0 Å². The van der Waals surface area contributed by atoms with Crippen LogP contribution < -0.4 is 5.73 Å². The molecule has 0 radical (unpaired) electrons. The number of benzene rings is 1. The SMILES string of the molecule is N/C(=N/O)C(CN1CC2CCCC2C1)c1ccccc1. The molecule has 2 fully saturated rings. The highest BCUT2D eigenvalue weighted by molar-refractivity contribution is 5.87. The summed E-state index contributed by atoms with van der Waals surface area (Å²) < 4.78 is 0. The molecule has 2 aliphatic rings. The van der Waals surface area contributed by atoms with Gasteiger partial charge in [-0.25, -0.2) is 0 Å². The van der Waals surface area contributed by atoms with Gasteiger partial charge in [-0.1, -0.05) is 41.9 Å². The normalized spacial score (nSPS) is 28.5. The van der Waals surface area contributed by atoms with Gasteiger partial charge in [-0.15, -0.1) is 0 Å². The van der Waals surface area contributed by atoms with Crippen LogP contribution in [0.2, 0.25) is 0 Å². The molecular formula is C16H23N3O. The van der Waals surface area contributed by atoms with E-state index in [1.54, 1.807) is 0 Å². The van der Waals surface area contributed by atoms with E-state index in [0.29, 0.717) is 5.84 Å². The summed E-state index contributed by atoms with van der Waals surface area (Å²) in [4.78, 5) is 2.49. The molecule has 108 valence electrons. The Hall–Kier alpha value is -1.55. The van der Waals surface area contributed by atoms with E-state index >= 15 is 0 Å². The summed E-state index contributed by atoms with van der Waals surface area (Å²) in [6.45, 7) is 3.20. The predicted molar refractivity (Wildman–Crippen MR) is 79.9 cm³/mol. The van der Waals surface area contributed by atoms with Gasteiger partial charge in [0.15, 0.2) is 0 Å². The van der Waals surface area contributed by atoms with Crippen LogP contribution in [-0.4, -0.2) is 35.6 Å². The van der Waals surface area contributed by atoms with E-state index in [2.05, 4.69) is 22.2 Å². The first kappa shape index (κ1) is 13.4. The van der Waals surface area contributed by atoms with Crippen molar-refractivity contribution < 1.29 is 5.21 Å². The van der Waals surface area contributed by atoms with E-state index in [9.17, 15) is 0 Å². The molecule has 3 atom stereocenters. The van der Waals surface area contributed by atoms with Crippen molar-refractivity contribution in [1.82, 2.24) is 4.90 Å². The third-order valence-electron chi connectivity index (χ3n) is 4.92. The molecule has 0 spiro atoms. The van der Waals surface area contributed by atoms with Crippen molar-refractivity contribution in [2.24, 2.45) is 22.7 Å². The fourth-order valence-corrected chi connectivity index (χ4v) is 3.86. The number of fused-ring (bicyclic) bond motifs is 1. The highest BCUT2D eigenvalue weighted by atomic mass is 16.4. The summed E-state index contributed by atoms with van der Waals surface area (Å²) in [5, 5.41) is 12.3. The first-order chi connectivity index (χ1) is 9.78. The van der Waals surface area contributed by atoms with Gasteiger partial charge in [0, 0.05) is 19.6 Å². The van der Waals surface area contributed by atoms with E-state index < -0.39 is 0 Å². The van der Waals surface area contributed by atoms with Gasteiger partial charge in [0.2, 0.25) is 0 Å². The van der Waals surface area contributed by atoms with Crippen LogP contribution in [0.25, 0.3) is 0 Å². The minimum Gasteiger partial charge on any atom is -0.409 e. The number of rotatable bonds is 4. The van der Waals surface area contributed by atoms with E-state index in [4.69, 9.17) is 10.9 Å². The predicted octanol–water partition coefficient (Wildman–Crippen LogP) is 2.25. The minimum absolute atomic E-state index is 0.0139. The lowest BCUT2D eigenvalue weighted by Crippen LogP contribution is -2.34. The van der Waals surface area contributed by atoms with Gasteiger partial charge in [-0.2, -0.15) is 0 Å². The fraction of sp³-hybridized carbons (Fsp3) is 0.562. The van der Waals surface area contributed by atoms with Gasteiger partial charge in [0.05, 0.1) is 5.92 Å². The maximum absolute atomic E-state index is 9.05. The van der Waals surface area contributed by atoms with Crippen LogP contribution in [-0.2, 0) is 0 Å². The first-order valence-corrected chi connectivity index (χ1v) is 7.52. The molecule has 1 aromatic carbocycles. The average molecular weight is 273 g/mol. The molecule has 1 aliphatic carbocycles. The Labute approximate surface area is 120 Å². The van der Waals surface area contributed by atoms with Crippen molar-refractivity contribution in [3.8, 4) is 0 Å². The second-order valence-electron chi connectivity index (χ2n) is 6.16. The topological polar surface area (TPSA) is 61.9 Å². The van der Waals surface area contributed by atoms with E-state index in [1.165, 1.54) is 32.4 Å². The van der Waals surface area contributed by atoms with E-state index in [1.807, 2.05) is 18.2 Å². The van der Waals surface area contributed by atoms with Gasteiger partial charge < -0.3 is 15.8 Å². The lowest BCUT2D eigenvalue weighted by Gasteiger charge is -2.23. The molecular weight excluding hydrogens is 250 g/mol. The molecule has 3 N–H and O–H groups in total. The van der Waals surface area contributed by atoms with Gasteiger partial charge in [0.1, 0.15) is 5.84 Å². The number of nitrogens with zero attached hydrogens (tertiary/aromatic N) is 2. The van der Waals surface area contributed by atoms with Crippen molar-refractivity contribution in [3.05, 3.63) is 35.9 Å². The Balaban J connectivity index is 1.71. The lowest BCUT2D eigenvalue weighted by atomic mass is 9.97. The number of oxime groups is 1. The van der Waals surface area contributed by atoms with Gasteiger partial charge >= 0.3 is 0 Å². The van der Waals surface area contributed by atoms with Crippen molar-refractivity contribution in [3.63, 3.8) is 0 Å². The number of amidine groups is 1. The molecule has 20 heavy (non-hydrogen) atoms. The summed E-state index contributed by atoms with van der Waals surface area (Å²) in [6, 6.07) is 10.1. The number of hydrogen-bond acceptors (Lipinski definition) is 3. The molecule has 3 rings (SSSR count). The Morgan fingerprint density at radius 3 is 2.50 bits per heavy atom. The molecule has 4 heteroatoms. The quantitative estimate of drug-likeness (QED) is 0.383. The number of hydrogen-bond donors (Lipinski definition) is 2. The molecule has 1 saturated heterocycles. The zero-order chi connectivity index (χ0) is 13.9. The highest BCUT2D eigenvalue weighted by Crippen LogP contribution is 2.38. The summed E-state index contributed by atoms with van der Waals surface area (Å²) in [5.74, 6) is 2.05. The Morgan fingerprint density at radius 2 is 1.90 bits per heavy atom. The van der Waals surface area contributed by atoms with Gasteiger partial charge in [-0.3, -0.25) is 0 Å². The molecule has 1 heterocycles. The van der Waals surface area contributed by atoms with Gasteiger partial charge in [0.25, 0.3) is 0 Å². The molecule has 3 unspecified atom stereocenters. The summed E-state index contributed by atoms with van der Waals surface area (Å²) >= 11 is 0. The third kappa shape index (κ3) is 2.66. The van der Waals surface area contributed by atoms with Crippen molar-refractivity contribution in [2.75, 3.05) is 19.6 Å². The molecule has 0 bridgehead atoms. The molecule has 4 nitrogen and oxygen atoms in total. The summed E-state index contributed by atoms with van der Waals surface area (Å²) in [5.41, 5.74) is 7.04. The van der Waals surface area contributed by atoms with Crippen molar-refractivity contribution >= 4 is 5.84 Å². The first-order valence-electron chi connectivity index (χ1n) is 7.52.